The maximum atomic E-state index is 2.55. The molecule has 0 saturated carbocycles. The van der Waals surface area contributed by atoms with Crippen molar-refractivity contribution in [1.82, 2.24) is 0 Å². The maximum Gasteiger partial charge on any atom is 0.0543 e. The zero-order valence-electron chi connectivity index (χ0n) is 32.9. The quantitative estimate of drug-likeness (QED) is 0.164. The topological polar surface area (TPSA) is 3.24 Å². The zero-order chi connectivity index (χ0) is 38.8. The lowest BCUT2D eigenvalue weighted by Crippen LogP contribution is -2.16. The van der Waals surface area contributed by atoms with Crippen molar-refractivity contribution in [3.05, 3.63) is 228 Å². The molecule has 0 bridgehead atoms. The predicted octanol–water partition coefficient (Wildman–Crippen LogP) is 15.7. The van der Waals surface area contributed by atoms with Gasteiger partial charge in [-0.3, -0.25) is 0 Å². The molecule has 276 valence electrons. The summed E-state index contributed by atoms with van der Waals surface area (Å²) in [5.41, 5.74) is 17.7. The molecule has 1 unspecified atom stereocenters. The van der Waals surface area contributed by atoms with Gasteiger partial charge in [0.2, 0.25) is 0 Å². The molecule has 0 N–H and O–H groups in total. The Morgan fingerprint density at radius 1 is 0.500 bits per heavy atom. The summed E-state index contributed by atoms with van der Waals surface area (Å²) in [6.45, 7) is 4.80. The van der Waals surface area contributed by atoms with Crippen LogP contribution in [0.5, 0.6) is 0 Å². The second-order valence-electron chi connectivity index (χ2n) is 16.4. The molecular weight excluding hydrogens is 699 g/mol. The summed E-state index contributed by atoms with van der Waals surface area (Å²) in [5.74, 6) is 0.289. The fourth-order valence-corrected chi connectivity index (χ4v) is 10.2. The van der Waals surface area contributed by atoms with E-state index in [-0.39, 0.29) is 11.3 Å². The van der Waals surface area contributed by atoms with E-state index in [0.29, 0.717) is 0 Å². The van der Waals surface area contributed by atoms with E-state index in [9.17, 15) is 0 Å². The van der Waals surface area contributed by atoms with Crippen LogP contribution in [0.2, 0.25) is 0 Å². The fourth-order valence-electron chi connectivity index (χ4n) is 10.2. The molecule has 0 saturated heterocycles. The van der Waals surface area contributed by atoms with Gasteiger partial charge in [0, 0.05) is 28.0 Å². The highest BCUT2D eigenvalue weighted by Gasteiger charge is 2.39. The van der Waals surface area contributed by atoms with Gasteiger partial charge >= 0.3 is 0 Å². The van der Waals surface area contributed by atoms with Crippen LogP contribution in [0.4, 0.5) is 17.1 Å². The number of rotatable bonds is 6. The standard InChI is InChI=1S/C57H43N/c1-57(2)51-31-16-32-53(55(51)50-34-33-40-21-9-10-26-47(40)56(50)57)58(52-36-35-44(38-17-5-3-6-18-38)48-27-11-12-28-49(48)52)43-25-13-24-42(37-43)46-30-15-23-41-22-14-29-45(54(41)46)39-19-7-4-8-20-39/h3-28,30-37,45H,29H2,1-2H3. The molecule has 0 aromatic heterocycles. The van der Waals surface area contributed by atoms with Crippen LogP contribution in [0.3, 0.4) is 0 Å². The average Bonchev–Trinajstić information content (AvgIpc) is 3.53. The van der Waals surface area contributed by atoms with Crippen molar-refractivity contribution in [3.8, 4) is 33.4 Å². The average molecular weight is 742 g/mol. The fraction of sp³-hybridized carbons (Fsp3) is 0.0877. The number of hydrogen-bond donors (Lipinski definition) is 0. The van der Waals surface area contributed by atoms with Gasteiger partial charge in [0.1, 0.15) is 0 Å². The Morgan fingerprint density at radius 2 is 1.19 bits per heavy atom. The van der Waals surface area contributed by atoms with Gasteiger partial charge < -0.3 is 4.90 Å². The van der Waals surface area contributed by atoms with E-state index < -0.39 is 0 Å². The summed E-state index contributed by atoms with van der Waals surface area (Å²) in [5, 5.41) is 5.07. The van der Waals surface area contributed by atoms with Crippen LogP contribution < -0.4 is 4.90 Å². The minimum Gasteiger partial charge on any atom is -0.309 e. The Hall–Kier alpha value is -6.96. The second-order valence-corrected chi connectivity index (χ2v) is 16.4. The molecule has 58 heavy (non-hydrogen) atoms. The van der Waals surface area contributed by atoms with Gasteiger partial charge in [0.25, 0.3) is 0 Å². The van der Waals surface area contributed by atoms with Crippen LogP contribution in [0.25, 0.3) is 61.0 Å². The van der Waals surface area contributed by atoms with E-state index in [2.05, 4.69) is 225 Å². The molecule has 2 aliphatic rings. The van der Waals surface area contributed by atoms with Crippen molar-refractivity contribution in [2.75, 3.05) is 4.90 Å². The number of anilines is 3. The highest BCUT2D eigenvalue weighted by atomic mass is 15.1. The Balaban J connectivity index is 1.17. The van der Waals surface area contributed by atoms with E-state index in [1.165, 1.54) is 88.4 Å². The van der Waals surface area contributed by atoms with Crippen molar-refractivity contribution >= 4 is 44.7 Å². The van der Waals surface area contributed by atoms with E-state index in [0.717, 1.165) is 17.8 Å². The van der Waals surface area contributed by atoms with E-state index >= 15 is 0 Å². The van der Waals surface area contributed by atoms with Crippen LogP contribution in [-0.4, -0.2) is 0 Å². The minimum atomic E-state index is -0.183. The molecular formula is C57H43N. The number of allylic oxidation sites excluding steroid dienone is 1. The van der Waals surface area contributed by atoms with Gasteiger partial charge in [-0.25, -0.2) is 0 Å². The molecule has 9 aromatic carbocycles. The normalized spacial score (nSPS) is 14.9. The molecule has 0 radical (unpaired) electrons. The lowest BCUT2D eigenvalue weighted by molar-refractivity contribution is 0.666. The van der Waals surface area contributed by atoms with Crippen LogP contribution in [0, 0.1) is 0 Å². The highest BCUT2D eigenvalue weighted by molar-refractivity contribution is 6.09. The summed E-state index contributed by atoms with van der Waals surface area (Å²) < 4.78 is 0. The third kappa shape index (κ3) is 5.38. The largest absolute Gasteiger partial charge is 0.309 e. The Labute approximate surface area is 341 Å². The van der Waals surface area contributed by atoms with Gasteiger partial charge in [0.15, 0.2) is 0 Å². The Bertz CT molecular complexity index is 3060. The van der Waals surface area contributed by atoms with Crippen LogP contribution >= 0.6 is 0 Å². The molecule has 1 nitrogen and oxygen atoms in total. The van der Waals surface area contributed by atoms with Crippen LogP contribution in [0.15, 0.2) is 200 Å². The first-order valence-electron chi connectivity index (χ1n) is 20.5. The summed E-state index contributed by atoms with van der Waals surface area (Å²) in [7, 11) is 0. The minimum absolute atomic E-state index is 0.183. The summed E-state index contributed by atoms with van der Waals surface area (Å²) in [4.78, 5) is 2.55. The van der Waals surface area contributed by atoms with E-state index in [1.807, 2.05) is 0 Å². The van der Waals surface area contributed by atoms with Gasteiger partial charge in [-0.15, -0.1) is 0 Å². The van der Waals surface area contributed by atoms with E-state index in [4.69, 9.17) is 0 Å². The molecule has 2 aliphatic carbocycles. The van der Waals surface area contributed by atoms with Crippen LogP contribution in [-0.2, 0) is 5.41 Å². The summed E-state index contributed by atoms with van der Waals surface area (Å²) in [6, 6.07) is 72.0. The number of benzene rings is 9. The SMILES string of the molecule is CC1(C)c2cccc(N(c3cccc(-c4cccc5c4C(c4ccccc4)CC=C5)c3)c3ccc(-c4ccccc4)c4ccccc34)c2-c2ccc3ccccc3c21. The first-order chi connectivity index (χ1) is 28.6. The predicted molar refractivity (Wildman–Crippen MR) is 247 cm³/mol. The van der Waals surface area contributed by atoms with Crippen LogP contribution in [0.1, 0.15) is 54.0 Å². The molecule has 0 spiro atoms. The molecule has 1 atom stereocenters. The lowest BCUT2D eigenvalue weighted by Gasteiger charge is -2.31. The van der Waals surface area contributed by atoms with Crippen molar-refractivity contribution in [1.29, 1.82) is 0 Å². The first kappa shape index (κ1) is 34.3. The molecule has 0 fully saturated rings. The third-order valence-corrected chi connectivity index (χ3v) is 12.8. The van der Waals surface area contributed by atoms with Crippen molar-refractivity contribution in [3.63, 3.8) is 0 Å². The third-order valence-electron chi connectivity index (χ3n) is 12.8. The van der Waals surface area contributed by atoms with Crippen molar-refractivity contribution in [2.45, 2.75) is 31.6 Å². The smallest absolute Gasteiger partial charge is 0.0543 e. The monoisotopic (exact) mass is 741 g/mol. The van der Waals surface area contributed by atoms with Gasteiger partial charge in [-0.05, 0) is 102 Å². The molecule has 0 heterocycles. The molecule has 9 aromatic rings. The zero-order valence-corrected chi connectivity index (χ0v) is 32.9. The van der Waals surface area contributed by atoms with Gasteiger partial charge in [-0.1, -0.05) is 196 Å². The molecule has 0 aliphatic heterocycles. The number of fused-ring (bicyclic) bond motifs is 7. The number of nitrogens with zero attached hydrogens (tertiary/aromatic N) is 1. The highest BCUT2D eigenvalue weighted by Crippen LogP contribution is 2.57. The summed E-state index contributed by atoms with van der Waals surface area (Å²) >= 11 is 0. The van der Waals surface area contributed by atoms with Gasteiger partial charge in [-0.2, -0.15) is 0 Å². The molecule has 11 rings (SSSR count). The molecule has 1 heteroatoms. The Morgan fingerprint density at radius 3 is 2.03 bits per heavy atom. The lowest BCUT2D eigenvalue weighted by atomic mass is 9.78. The van der Waals surface area contributed by atoms with Gasteiger partial charge in [0.05, 0.1) is 11.4 Å². The van der Waals surface area contributed by atoms with Crippen molar-refractivity contribution < 1.29 is 0 Å². The Kier molecular flexibility index (Phi) is 8.05. The number of hydrogen-bond acceptors (Lipinski definition) is 1. The maximum absolute atomic E-state index is 2.55. The first-order valence-corrected chi connectivity index (χ1v) is 20.5. The summed E-state index contributed by atoms with van der Waals surface area (Å²) in [6.07, 6.45) is 5.63. The molecule has 0 amide bonds. The van der Waals surface area contributed by atoms with E-state index in [1.54, 1.807) is 0 Å². The second kappa shape index (κ2) is 13.6. The van der Waals surface area contributed by atoms with Crippen molar-refractivity contribution in [2.24, 2.45) is 0 Å².